The van der Waals surface area contributed by atoms with Crippen LogP contribution in [-0.4, -0.2) is 30.0 Å². The molecule has 5 nitrogen and oxygen atoms in total. The van der Waals surface area contributed by atoms with Crippen molar-refractivity contribution in [3.63, 3.8) is 0 Å². The van der Waals surface area contributed by atoms with Crippen molar-refractivity contribution in [2.24, 2.45) is 0 Å². The first-order valence-corrected chi connectivity index (χ1v) is 7.06. The zero-order valence-electron chi connectivity index (χ0n) is 12.6. The Morgan fingerprint density at radius 2 is 1.88 bits per heavy atom. The minimum absolute atomic E-state index is 0.0164. The summed E-state index contributed by atoms with van der Waals surface area (Å²) in [5, 5.41) is 11.7. The molecule has 0 aliphatic rings. The van der Waals surface area contributed by atoms with Gasteiger partial charge in [0.25, 0.3) is 0 Å². The molecule has 0 atom stereocenters. The van der Waals surface area contributed by atoms with Crippen molar-refractivity contribution in [2.75, 3.05) is 18.5 Å². The predicted molar refractivity (Wildman–Crippen MR) is 82.9 cm³/mol. The van der Waals surface area contributed by atoms with E-state index in [1.54, 1.807) is 12.1 Å². The van der Waals surface area contributed by atoms with Crippen molar-refractivity contribution in [1.82, 2.24) is 0 Å². The van der Waals surface area contributed by atoms with E-state index in [1.165, 1.54) is 18.2 Å². The highest BCUT2D eigenvalue weighted by atomic mass is 19.2. The Bertz CT molecular complexity index is 749. The molecule has 0 aliphatic heterocycles. The van der Waals surface area contributed by atoms with Gasteiger partial charge in [0.05, 0.1) is 18.7 Å². The van der Waals surface area contributed by atoms with Crippen molar-refractivity contribution < 1.29 is 28.2 Å². The molecule has 2 aromatic rings. The summed E-state index contributed by atoms with van der Waals surface area (Å²) >= 11 is 0. The Hall–Kier alpha value is -2.80. The highest BCUT2D eigenvalue weighted by Gasteiger charge is 2.07. The van der Waals surface area contributed by atoms with Gasteiger partial charge in [-0.3, -0.25) is 4.79 Å². The number of carboxylic acids is 1. The summed E-state index contributed by atoms with van der Waals surface area (Å²) in [4.78, 5) is 22.6. The van der Waals surface area contributed by atoms with E-state index in [4.69, 9.17) is 9.84 Å². The number of ketones is 1. The fourth-order valence-electron chi connectivity index (χ4n) is 1.93. The lowest BCUT2D eigenvalue weighted by molar-refractivity contribution is -0.122. The van der Waals surface area contributed by atoms with Crippen molar-refractivity contribution in [2.45, 2.75) is 6.61 Å². The number of hydrogen-bond acceptors (Lipinski definition) is 4. The van der Waals surface area contributed by atoms with Crippen LogP contribution in [0.3, 0.4) is 0 Å². The van der Waals surface area contributed by atoms with Gasteiger partial charge in [-0.1, -0.05) is 12.1 Å². The van der Waals surface area contributed by atoms with Gasteiger partial charge in [0, 0.05) is 5.69 Å². The highest BCUT2D eigenvalue weighted by Crippen LogP contribution is 2.11. The quantitative estimate of drug-likeness (QED) is 0.776. The van der Waals surface area contributed by atoms with Gasteiger partial charge in [0.15, 0.2) is 17.4 Å². The summed E-state index contributed by atoms with van der Waals surface area (Å²) in [6.45, 7) is -0.261. The fourth-order valence-corrected chi connectivity index (χ4v) is 1.93. The molecule has 0 heterocycles. The van der Waals surface area contributed by atoms with E-state index < -0.39 is 17.6 Å². The lowest BCUT2D eigenvalue weighted by Crippen LogP contribution is -2.19. The Balaban J connectivity index is 1.76. The number of nitrogens with one attached hydrogen (secondary N) is 1. The van der Waals surface area contributed by atoms with E-state index in [0.717, 1.165) is 12.1 Å². The molecule has 0 radical (unpaired) electrons. The number of rotatable bonds is 8. The maximum atomic E-state index is 13.0. The SMILES string of the molecule is O=C(CNc1cccc(C(=O)O)c1)COCc1ccc(F)c(F)c1. The third-order valence-electron chi connectivity index (χ3n) is 3.11. The average molecular weight is 335 g/mol. The number of carboxylic acid groups (broad SMARTS) is 1. The van der Waals surface area contributed by atoms with Crippen molar-refractivity contribution in [3.8, 4) is 0 Å². The molecular weight excluding hydrogens is 320 g/mol. The van der Waals surface area contributed by atoms with Gasteiger partial charge in [-0.25, -0.2) is 13.6 Å². The van der Waals surface area contributed by atoms with Crippen LogP contribution in [0, 0.1) is 11.6 Å². The van der Waals surface area contributed by atoms with E-state index >= 15 is 0 Å². The Morgan fingerprint density at radius 3 is 2.58 bits per heavy atom. The third kappa shape index (κ3) is 5.13. The molecule has 0 aromatic heterocycles. The van der Waals surface area contributed by atoms with Gasteiger partial charge in [0.1, 0.15) is 6.61 Å². The monoisotopic (exact) mass is 335 g/mol. The van der Waals surface area contributed by atoms with Crippen LogP contribution in [0.5, 0.6) is 0 Å². The Kier molecular flexibility index (Phi) is 5.97. The largest absolute Gasteiger partial charge is 0.478 e. The van der Waals surface area contributed by atoms with Crippen LogP contribution < -0.4 is 5.32 Å². The number of benzene rings is 2. The third-order valence-corrected chi connectivity index (χ3v) is 3.11. The van der Waals surface area contributed by atoms with Crippen LogP contribution in [0.1, 0.15) is 15.9 Å². The summed E-state index contributed by atoms with van der Waals surface area (Å²) in [6.07, 6.45) is 0. The van der Waals surface area contributed by atoms with Gasteiger partial charge in [0.2, 0.25) is 0 Å². The molecule has 0 spiro atoms. The number of Topliss-reactive ketones (excluding diaryl/α,β-unsaturated/α-hetero) is 1. The van der Waals surface area contributed by atoms with Gasteiger partial charge >= 0.3 is 5.97 Å². The first-order chi connectivity index (χ1) is 11.5. The topological polar surface area (TPSA) is 75.6 Å². The molecule has 2 N–H and O–H groups in total. The molecule has 0 unspecified atom stereocenters. The lowest BCUT2D eigenvalue weighted by Gasteiger charge is -2.07. The van der Waals surface area contributed by atoms with Gasteiger partial charge in [-0.15, -0.1) is 0 Å². The van der Waals surface area contributed by atoms with E-state index in [-0.39, 0.29) is 31.1 Å². The standard InChI is InChI=1S/C17H15F2NO4/c18-15-5-4-11(6-16(15)19)9-24-10-14(21)8-20-13-3-1-2-12(7-13)17(22)23/h1-7,20H,8-10H2,(H,22,23). The zero-order valence-corrected chi connectivity index (χ0v) is 12.6. The van der Waals surface area contributed by atoms with Crippen LogP contribution in [0.25, 0.3) is 0 Å². The maximum absolute atomic E-state index is 13.0. The molecule has 0 amide bonds. The zero-order chi connectivity index (χ0) is 17.5. The minimum atomic E-state index is -1.06. The summed E-state index contributed by atoms with van der Waals surface area (Å²) in [7, 11) is 0. The molecular formula is C17H15F2NO4. The summed E-state index contributed by atoms with van der Waals surface area (Å²) in [5.74, 6) is -3.23. The molecule has 2 aromatic carbocycles. The van der Waals surface area contributed by atoms with Crippen LogP contribution in [0.4, 0.5) is 14.5 Å². The summed E-state index contributed by atoms with van der Waals surface area (Å²) < 4.78 is 30.9. The number of ether oxygens (including phenoxy) is 1. The molecule has 0 bridgehead atoms. The number of hydrogen-bond donors (Lipinski definition) is 2. The molecule has 0 saturated carbocycles. The number of carbonyl (C=O) groups is 2. The Labute approximate surface area is 136 Å². The second kappa shape index (κ2) is 8.16. The first kappa shape index (κ1) is 17.6. The summed E-state index contributed by atoms with van der Waals surface area (Å²) in [6, 6.07) is 9.44. The van der Waals surface area contributed by atoms with Crippen LogP contribution >= 0.6 is 0 Å². The van der Waals surface area contributed by atoms with E-state index in [2.05, 4.69) is 5.32 Å². The smallest absolute Gasteiger partial charge is 0.335 e. The second-order valence-electron chi connectivity index (χ2n) is 5.02. The number of halogens is 2. The van der Waals surface area contributed by atoms with Crippen LogP contribution in [0.15, 0.2) is 42.5 Å². The predicted octanol–water partition coefficient (Wildman–Crippen LogP) is 2.86. The molecule has 7 heteroatoms. The molecule has 2 rings (SSSR count). The van der Waals surface area contributed by atoms with Crippen molar-refractivity contribution in [3.05, 3.63) is 65.2 Å². The first-order valence-electron chi connectivity index (χ1n) is 7.06. The molecule has 0 aliphatic carbocycles. The van der Waals surface area contributed by atoms with E-state index in [9.17, 15) is 18.4 Å². The molecule has 126 valence electrons. The van der Waals surface area contributed by atoms with E-state index in [1.807, 2.05) is 0 Å². The van der Waals surface area contributed by atoms with Gasteiger partial charge in [-0.05, 0) is 35.9 Å². The Morgan fingerprint density at radius 1 is 1.08 bits per heavy atom. The normalized spacial score (nSPS) is 10.4. The minimum Gasteiger partial charge on any atom is -0.478 e. The molecule has 24 heavy (non-hydrogen) atoms. The number of anilines is 1. The molecule has 0 fully saturated rings. The van der Waals surface area contributed by atoms with Crippen molar-refractivity contribution >= 4 is 17.4 Å². The highest BCUT2D eigenvalue weighted by molar-refractivity contribution is 5.89. The fraction of sp³-hybridized carbons (Fsp3) is 0.176. The average Bonchev–Trinajstić information content (AvgIpc) is 2.56. The van der Waals surface area contributed by atoms with E-state index in [0.29, 0.717) is 11.3 Å². The number of aromatic carboxylic acids is 1. The number of carbonyl (C=O) groups excluding carboxylic acids is 1. The summed E-state index contributed by atoms with van der Waals surface area (Å²) in [5.41, 5.74) is 1.04. The maximum Gasteiger partial charge on any atom is 0.335 e. The lowest BCUT2D eigenvalue weighted by atomic mass is 10.2. The van der Waals surface area contributed by atoms with Gasteiger partial charge in [-0.2, -0.15) is 0 Å². The molecule has 0 saturated heterocycles. The van der Waals surface area contributed by atoms with Crippen LogP contribution in [0.2, 0.25) is 0 Å². The van der Waals surface area contributed by atoms with Crippen molar-refractivity contribution in [1.29, 1.82) is 0 Å². The van der Waals surface area contributed by atoms with Gasteiger partial charge < -0.3 is 15.2 Å². The van der Waals surface area contributed by atoms with Crippen LogP contribution in [-0.2, 0) is 16.1 Å². The second-order valence-corrected chi connectivity index (χ2v) is 5.02.